The summed E-state index contributed by atoms with van der Waals surface area (Å²) in [7, 11) is 0. The second kappa shape index (κ2) is 4.73. The summed E-state index contributed by atoms with van der Waals surface area (Å²) in [5.41, 5.74) is 5.08. The minimum atomic E-state index is 1.05. The fourth-order valence-electron chi connectivity index (χ4n) is 2.75. The van der Waals surface area contributed by atoms with E-state index in [4.69, 9.17) is 0 Å². The average molecular weight is 243 g/mol. The second-order valence-corrected chi connectivity index (χ2v) is 5.41. The number of fused-ring (bicyclic) bond motifs is 1. The third-order valence-electron chi connectivity index (χ3n) is 4.09. The first kappa shape index (κ1) is 11.7. The summed E-state index contributed by atoms with van der Waals surface area (Å²) in [6.45, 7) is 9.07. The highest BCUT2D eigenvalue weighted by Crippen LogP contribution is 2.18. The van der Waals surface area contributed by atoms with Crippen LogP contribution in [0.5, 0.6) is 0 Å². The summed E-state index contributed by atoms with van der Waals surface area (Å²) < 4.78 is 2.29. The van der Waals surface area contributed by atoms with E-state index in [-0.39, 0.29) is 0 Å². The molecule has 0 atom stereocenters. The molecular formula is C15H21N3. The Bertz CT molecular complexity index is 550. The Morgan fingerprint density at radius 1 is 1.06 bits per heavy atom. The monoisotopic (exact) mass is 243 g/mol. The zero-order valence-corrected chi connectivity index (χ0v) is 11.3. The number of aromatic nitrogens is 2. The van der Waals surface area contributed by atoms with Crippen molar-refractivity contribution >= 4 is 11.0 Å². The number of nitrogens with zero attached hydrogens (tertiary/aromatic N) is 3. The molecule has 3 heteroatoms. The molecule has 0 radical (unpaired) electrons. The van der Waals surface area contributed by atoms with E-state index in [1.807, 2.05) is 6.33 Å². The van der Waals surface area contributed by atoms with Crippen molar-refractivity contribution in [3.05, 3.63) is 29.6 Å². The van der Waals surface area contributed by atoms with Gasteiger partial charge in [-0.15, -0.1) is 0 Å². The maximum Gasteiger partial charge on any atom is 0.0958 e. The number of benzene rings is 1. The summed E-state index contributed by atoms with van der Waals surface area (Å²) in [6.07, 6.45) is 4.71. The molecule has 18 heavy (non-hydrogen) atoms. The quantitative estimate of drug-likeness (QED) is 0.826. The molecule has 1 aliphatic rings. The van der Waals surface area contributed by atoms with Crippen LogP contribution in [0.1, 0.15) is 24.0 Å². The van der Waals surface area contributed by atoms with Gasteiger partial charge in [-0.1, -0.05) is 0 Å². The van der Waals surface area contributed by atoms with Crippen molar-refractivity contribution in [2.45, 2.75) is 33.2 Å². The van der Waals surface area contributed by atoms with Gasteiger partial charge in [-0.25, -0.2) is 4.98 Å². The lowest BCUT2D eigenvalue weighted by Crippen LogP contribution is -2.23. The van der Waals surface area contributed by atoms with Crippen LogP contribution in [-0.4, -0.2) is 34.1 Å². The minimum Gasteiger partial charge on any atom is -0.329 e. The van der Waals surface area contributed by atoms with E-state index < -0.39 is 0 Å². The fourth-order valence-corrected chi connectivity index (χ4v) is 2.75. The van der Waals surface area contributed by atoms with Crippen LogP contribution in [0.25, 0.3) is 11.0 Å². The van der Waals surface area contributed by atoms with E-state index in [0.29, 0.717) is 0 Å². The van der Waals surface area contributed by atoms with Crippen LogP contribution in [0, 0.1) is 13.8 Å². The van der Waals surface area contributed by atoms with Crippen molar-refractivity contribution < 1.29 is 0 Å². The Kier molecular flexibility index (Phi) is 3.08. The molecule has 0 saturated carbocycles. The van der Waals surface area contributed by atoms with Crippen LogP contribution in [0.2, 0.25) is 0 Å². The number of aryl methyl sites for hydroxylation is 2. The molecule has 0 amide bonds. The van der Waals surface area contributed by atoms with Crippen molar-refractivity contribution in [1.29, 1.82) is 0 Å². The molecule has 3 nitrogen and oxygen atoms in total. The topological polar surface area (TPSA) is 21.1 Å². The van der Waals surface area contributed by atoms with Crippen LogP contribution in [-0.2, 0) is 6.54 Å². The summed E-state index contributed by atoms with van der Waals surface area (Å²) in [4.78, 5) is 7.06. The lowest BCUT2D eigenvalue weighted by Gasteiger charge is -2.15. The molecule has 1 aromatic carbocycles. The van der Waals surface area contributed by atoms with Gasteiger partial charge in [-0.05, 0) is 63.0 Å². The van der Waals surface area contributed by atoms with Crippen molar-refractivity contribution in [2.75, 3.05) is 19.6 Å². The molecule has 2 heterocycles. The van der Waals surface area contributed by atoms with Gasteiger partial charge in [-0.2, -0.15) is 0 Å². The van der Waals surface area contributed by atoms with Crippen molar-refractivity contribution in [3.63, 3.8) is 0 Å². The molecular weight excluding hydrogens is 222 g/mol. The lowest BCUT2D eigenvalue weighted by atomic mass is 10.1. The molecule has 2 aromatic rings. The van der Waals surface area contributed by atoms with Gasteiger partial charge in [0.25, 0.3) is 0 Å². The molecule has 0 N–H and O–H groups in total. The molecule has 1 fully saturated rings. The highest BCUT2D eigenvalue weighted by molar-refractivity contribution is 5.77. The van der Waals surface area contributed by atoms with Crippen LogP contribution >= 0.6 is 0 Å². The number of likely N-dealkylation sites (tertiary alicyclic amines) is 1. The first-order valence-electron chi connectivity index (χ1n) is 6.88. The first-order valence-corrected chi connectivity index (χ1v) is 6.88. The molecule has 96 valence electrons. The summed E-state index contributed by atoms with van der Waals surface area (Å²) in [5, 5.41) is 0. The first-order chi connectivity index (χ1) is 8.74. The minimum absolute atomic E-state index is 1.05. The van der Waals surface area contributed by atoms with Crippen LogP contribution in [0.15, 0.2) is 18.5 Å². The van der Waals surface area contributed by atoms with Gasteiger partial charge in [-0.3, -0.25) is 0 Å². The van der Waals surface area contributed by atoms with E-state index in [1.165, 1.54) is 42.6 Å². The average Bonchev–Trinajstić information content (AvgIpc) is 2.97. The van der Waals surface area contributed by atoms with Crippen LogP contribution < -0.4 is 0 Å². The van der Waals surface area contributed by atoms with Gasteiger partial charge in [0, 0.05) is 13.1 Å². The van der Waals surface area contributed by atoms with Gasteiger partial charge in [0.2, 0.25) is 0 Å². The third-order valence-corrected chi connectivity index (χ3v) is 4.09. The maximum absolute atomic E-state index is 4.51. The normalized spacial score (nSPS) is 16.8. The van der Waals surface area contributed by atoms with E-state index >= 15 is 0 Å². The predicted octanol–water partition coefficient (Wildman–Crippen LogP) is 2.75. The largest absolute Gasteiger partial charge is 0.329 e. The smallest absolute Gasteiger partial charge is 0.0958 e. The fraction of sp³-hybridized carbons (Fsp3) is 0.533. The van der Waals surface area contributed by atoms with Gasteiger partial charge in [0.05, 0.1) is 17.4 Å². The molecule has 1 saturated heterocycles. The maximum atomic E-state index is 4.51. The summed E-state index contributed by atoms with van der Waals surface area (Å²) in [6, 6.07) is 4.46. The second-order valence-electron chi connectivity index (χ2n) is 5.41. The number of hydrogen-bond donors (Lipinski definition) is 0. The van der Waals surface area contributed by atoms with Crippen molar-refractivity contribution in [2.24, 2.45) is 0 Å². The molecule has 0 spiro atoms. The Hall–Kier alpha value is -1.35. The molecule has 3 rings (SSSR count). The summed E-state index contributed by atoms with van der Waals surface area (Å²) in [5.74, 6) is 0. The van der Waals surface area contributed by atoms with E-state index in [2.05, 4.69) is 40.4 Å². The van der Waals surface area contributed by atoms with Crippen LogP contribution in [0.4, 0.5) is 0 Å². The van der Waals surface area contributed by atoms with Gasteiger partial charge >= 0.3 is 0 Å². The van der Waals surface area contributed by atoms with Gasteiger partial charge < -0.3 is 9.47 Å². The Morgan fingerprint density at radius 2 is 1.78 bits per heavy atom. The van der Waals surface area contributed by atoms with E-state index in [1.54, 1.807) is 0 Å². The molecule has 0 aliphatic carbocycles. The van der Waals surface area contributed by atoms with Gasteiger partial charge in [0.15, 0.2) is 0 Å². The number of hydrogen-bond acceptors (Lipinski definition) is 2. The Labute approximate surface area is 108 Å². The Balaban J connectivity index is 1.81. The highest BCUT2D eigenvalue weighted by Gasteiger charge is 2.12. The van der Waals surface area contributed by atoms with Gasteiger partial charge in [0.1, 0.15) is 0 Å². The number of rotatable bonds is 3. The van der Waals surface area contributed by atoms with Crippen molar-refractivity contribution in [1.82, 2.24) is 14.5 Å². The molecule has 1 aliphatic heterocycles. The molecule has 1 aromatic heterocycles. The third kappa shape index (κ3) is 2.15. The zero-order chi connectivity index (χ0) is 12.5. The highest BCUT2D eigenvalue weighted by atomic mass is 15.2. The van der Waals surface area contributed by atoms with Crippen LogP contribution in [0.3, 0.4) is 0 Å². The lowest BCUT2D eigenvalue weighted by molar-refractivity contribution is 0.324. The van der Waals surface area contributed by atoms with E-state index in [0.717, 1.165) is 18.6 Å². The van der Waals surface area contributed by atoms with E-state index in [9.17, 15) is 0 Å². The SMILES string of the molecule is Cc1cc2ncn(CCN3CCCC3)c2cc1C. The zero-order valence-electron chi connectivity index (χ0n) is 11.3. The standard InChI is InChI=1S/C15H21N3/c1-12-9-14-15(10-13(12)2)18(11-16-14)8-7-17-5-3-4-6-17/h9-11H,3-8H2,1-2H3. The Morgan fingerprint density at radius 3 is 2.56 bits per heavy atom. The van der Waals surface area contributed by atoms with Crippen molar-refractivity contribution in [3.8, 4) is 0 Å². The molecule has 0 bridgehead atoms. The number of imidazole rings is 1. The predicted molar refractivity (Wildman–Crippen MR) is 74.9 cm³/mol. The molecule has 0 unspecified atom stereocenters. The summed E-state index contributed by atoms with van der Waals surface area (Å²) >= 11 is 0.